The Balaban J connectivity index is 2.52. The first-order valence-corrected chi connectivity index (χ1v) is 4.72. The maximum atomic E-state index is 5.51. The minimum absolute atomic E-state index is 0.508. The zero-order chi connectivity index (χ0) is 9.42. The lowest BCUT2D eigenvalue weighted by Crippen LogP contribution is -1.92. The van der Waals surface area contributed by atoms with E-state index in [2.05, 4.69) is 14.8 Å². The van der Waals surface area contributed by atoms with E-state index in [0.29, 0.717) is 5.13 Å². The van der Waals surface area contributed by atoms with Gasteiger partial charge in [0.05, 0.1) is 5.69 Å². The van der Waals surface area contributed by atoms with Crippen molar-refractivity contribution in [1.82, 2.24) is 14.8 Å². The normalized spacial score (nSPS) is 10.6. The molecule has 0 saturated heterocycles. The van der Waals surface area contributed by atoms with E-state index in [0.717, 1.165) is 10.7 Å². The van der Waals surface area contributed by atoms with Gasteiger partial charge in [0.25, 0.3) is 0 Å². The van der Waals surface area contributed by atoms with Crippen molar-refractivity contribution in [3.05, 3.63) is 17.8 Å². The van der Waals surface area contributed by atoms with Gasteiger partial charge in [0.2, 0.25) is 5.13 Å². The standard InChI is InChI=1S/C8H10N4S/c1-5-3-4-6(12(5)2)7-10-11-8(9)13-7/h3-4H,1-2H3,(H2,9,11). The summed E-state index contributed by atoms with van der Waals surface area (Å²) < 4.78 is 2.07. The molecule has 13 heavy (non-hydrogen) atoms. The zero-order valence-corrected chi connectivity index (χ0v) is 8.30. The molecule has 0 bridgehead atoms. The molecule has 0 spiro atoms. The second kappa shape index (κ2) is 2.85. The molecular weight excluding hydrogens is 184 g/mol. The summed E-state index contributed by atoms with van der Waals surface area (Å²) >= 11 is 1.40. The molecular formula is C8H10N4S. The third-order valence-electron chi connectivity index (χ3n) is 2.03. The number of nitrogens with zero attached hydrogens (tertiary/aromatic N) is 3. The fraction of sp³-hybridized carbons (Fsp3) is 0.250. The summed E-state index contributed by atoms with van der Waals surface area (Å²) in [6.07, 6.45) is 0. The number of aromatic nitrogens is 3. The van der Waals surface area contributed by atoms with Crippen molar-refractivity contribution in [2.75, 3.05) is 5.73 Å². The molecule has 68 valence electrons. The van der Waals surface area contributed by atoms with E-state index < -0.39 is 0 Å². The fourth-order valence-electron chi connectivity index (χ4n) is 1.17. The first kappa shape index (κ1) is 8.25. The zero-order valence-electron chi connectivity index (χ0n) is 7.48. The molecule has 5 heteroatoms. The SMILES string of the molecule is Cc1ccc(-c2nnc(N)s2)n1C. The van der Waals surface area contributed by atoms with Gasteiger partial charge in [-0.25, -0.2) is 0 Å². The van der Waals surface area contributed by atoms with Crippen LogP contribution in [0.4, 0.5) is 5.13 Å². The van der Waals surface area contributed by atoms with Gasteiger partial charge >= 0.3 is 0 Å². The van der Waals surface area contributed by atoms with Crippen molar-refractivity contribution in [3.8, 4) is 10.7 Å². The van der Waals surface area contributed by atoms with Crippen LogP contribution in [0.25, 0.3) is 10.7 Å². The Hall–Kier alpha value is -1.36. The van der Waals surface area contributed by atoms with Gasteiger partial charge in [0.15, 0.2) is 5.01 Å². The Morgan fingerprint density at radius 3 is 2.62 bits per heavy atom. The minimum Gasteiger partial charge on any atom is -0.374 e. The van der Waals surface area contributed by atoms with Crippen molar-refractivity contribution in [2.45, 2.75) is 6.92 Å². The number of nitrogens with two attached hydrogens (primary N) is 1. The molecule has 2 heterocycles. The third-order valence-corrected chi connectivity index (χ3v) is 2.81. The molecule has 2 aromatic rings. The molecule has 0 aliphatic carbocycles. The molecule has 0 aromatic carbocycles. The first-order valence-electron chi connectivity index (χ1n) is 3.90. The van der Waals surface area contributed by atoms with Crippen molar-refractivity contribution < 1.29 is 0 Å². The van der Waals surface area contributed by atoms with Gasteiger partial charge in [-0.3, -0.25) is 0 Å². The van der Waals surface area contributed by atoms with Crippen LogP contribution in [0, 0.1) is 6.92 Å². The Morgan fingerprint density at radius 2 is 2.15 bits per heavy atom. The van der Waals surface area contributed by atoms with Crippen LogP contribution in [0.5, 0.6) is 0 Å². The quantitative estimate of drug-likeness (QED) is 0.747. The van der Waals surface area contributed by atoms with Crippen LogP contribution in [-0.2, 0) is 7.05 Å². The van der Waals surface area contributed by atoms with Crippen molar-refractivity contribution in [3.63, 3.8) is 0 Å². The number of hydrogen-bond acceptors (Lipinski definition) is 4. The lowest BCUT2D eigenvalue weighted by atomic mass is 10.4. The van der Waals surface area contributed by atoms with Crippen molar-refractivity contribution in [1.29, 1.82) is 0 Å². The summed E-state index contributed by atoms with van der Waals surface area (Å²) in [5, 5.41) is 9.14. The number of hydrogen-bond donors (Lipinski definition) is 1. The average Bonchev–Trinajstić information content (AvgIpc) is 2.62. The number of anilines is 1. The van der Waals surface area contributed by atoms with E-state index >= 15 is 0 Å². The Morgan fingerprint density at radius 1 is 1.38 bits per heavy atom. The smallest absolute Gasteiger partial charge is 0.203 e. The van der Waals surface area contributed by atoms with Gasteiger partial charge in [-0.05, 0) is 19.1 Å². The van der Waals surface area contributed by atoms with Crippen LogP contribution >= 0.6 is 11.3 Å². The molecule has 2 aromatic heterocycles. The fourth-order valence-corrected chi connectivity index (χ4v) is 1.84. The number of nitrogen functional groups attached to an aromatic ring is 1. The van der Waals surface area contributed by atoms with E-state index in [1.54, 1.807) is 0 Å². The molecule has 2 rings (SSSR count). The number of aryl methyl sites for hydroxylation is 1. The Labute approximate surface area is 80.0 Å². The van der Waals surface area contributed by atoms with Crippen molar-refractivity contribution >= 4 is 16.5 Å². The van der Waals surface area contributed by atoms with Gasteiger partial charge in [-0.2, -0.15) is 0 Å². The monoisotopic (exact) mass is 194 g/mol. The summed E-state index contributed by atoms with van der Waals surface area (Å²) in [4.78, 5) is 0. The molecule has 0 unspecified atom stereocenters. The second-order valence-corrected chi connectivity index (χ2v) is 3.87. The van der Waals surface area contributed by atoms with E-state index in [4.69, 9.17) is 5.73 Å². The van der Waals surface area contributed by atoms with E-state index in [-0.39, 0.29) is 0 Å². The highest BCUT2D eigenvalue weighted by Gasteiger charge is 2.08. The molecule has 0 aliphatic rings. The van der Waals surface area contributed by atoms with Gasteiger partial charge in [0, 0.05) is 12.7 Å². The van der Waals surface area contributed by atoms with Crippen LogP contribution in [0.3, 0.4) is 0 Å². The van der Waals surface area contributed by atoms with Crippen LogP contribution in [0.15, 0.2) is 12.1 Å². The van der Waals surface area contributed by atoms with Crippen LogP contribution < -0.4 is 5.73 Å². The van der Waals surface area contributed by atoms with E-state index in [1.165, 1.54) is 17.0 Å². The molecule has 0 fully saturated rings. The van der Waals surface area contributed by atoms with E-state index in [9.17, 15) is 0 Å². The van der Waals surface area contributed by atoms with Gasteiger partial charge in [-0.1, -0.05) is 11.3 Å². The summed E-state index contributed by atoms with van der Waals surface area (Å²) in [6.45, 7) is 2.05. The highest BCUT2D eigenvalue weighted by Crippen LogP contribution is 2.25. The summed E-state index contributed by atoms with van der Waals surface area (Å²) in [6, 6.07) is 4.07. The maximum absolute atomic E-state index is 5.51. The lowest BCUT2D eigenvalue weighted by molar-refractivity contribution is 0.886. The highest BCUT2D eigenvalue weighted by molar-refractivity contribution is 7.18. The van der Waals surface area contributed by atoms with Gasteiger partial charge in [0.1, 0.15) is 0 Å². The number of rotatable bonds is 1. The average molecular weight is 194 g/mol. The molecule has 4 nitrogen and oxygen atoms in total. The largest absolute Gasteiger partial charge is 0.374 e. The van der Waals surface area contributed by atoms with E-state index in [1.807, 2.05) is 26.1 Å². The van der Waals surface area contributed by atoms with Gasteiger partial charge < -0.3 is 10.3 Å². The van der Waals surface area contributed by atoms with Crippen LogP contribution in [0.1, 0.15) is 5.69 Å². The van der Waals surface area contributed by atoms with Gasteiger partial charge in [-0.15, -0.1) is 10.2 Å². The van der Waals surface area contributed by atoms with Crippen LogP contribution in [0.2, 0.25) is 0 Å². The first-order chi connectivity index (χ1) is 6.18. The summed E-state index contributed by atoms with van der Waals surface area (Å²) in [7, 11) is 2.00. The van der Waals surface area contributed by atoms with Crippen LogP contribution in [-0.4, -0.2) is 14.8 Å². The predicted octanol–water partition coefficient (Wildman–Crippen LogP) is 1.43. The molecule has 2 N–H and O–H groups in total. The Kier molecular flexibility index (Phi) is 1.81. The molecule has 0 saturated carbocycles. The third kappa shape index (κ3) is 1.31. The Bertz CT molecular complexity index is 429. The maximum Gasteiger partial charge on any atom is 0.203 e. The molecule has 0 amide bonds. The topological polar surface area (TPSA) is 56.7 Å². The lowest BCUT2D eigenvalue weighted by Gasteiger charge is -1.99. The summed E-state index contributed by atoms with van der Waals surface area (Å²) in [5.74, 6) is 0. The molecule has 0 atom stereocenters. The predicted molar refractivity (Wildman–Crippen MR) is 53.5 cm³/mol. The molecule has 0 radical (unpaired) electrons. The van der Waals surface area contributed by atoms with Crippen molar-refractivity contribution in [2.24, 2.45) is 7.05 Å². The summed E-state index contributed by atoms with van der Waals surface area (Å²) in [5.41, 5.74) is 7.77. The molecule has 0 aliphatic heterocycles. The minimum atomic E-state index is 0.508. The highest BCUT2D eigenvalue weighted by atomic mass is 32.1. The second-order valence-electron chi connectivity index (χ2n) is 2.86.